The van der Waals surface area contributed by atoms with E-state index in [1.54, 1.807) is 0 Å². The molecule has 0 unspecified atom stereocenters. The molecule has 38 valence electrons. The fraction of sp³-hybridized carbons (Fsp3) is 0.400. The summed E-state index contributed by atoms with van der Waals surface area (Å²) in [5.74, 6) is 0. The van der Waals surface area contributed by atoms with Crippen molar-refractivity contribution in [1.29, 1.82) is 0 Å². The summed E-state index contributed by atoms with van der Waals surface area (Å²) in [5.41, 5.74) is 0. The molecule has 0 amide bonds. The highest BCUT2D eigenvalue weighted by Crippen LogP contribution is 1.88. The molecule has 0 fully saturated rings. The first-order chi connectivity index (χ1) is 3.43. The summed E-state index contributed by atoms with van der Waals surface area (Å²) in [6.07, 6.45) is 4.69. The van der Waals surface area contributed by atoms with Crippen LogP contribution in [-0.4, -0.2) is 18.9 Å². The molecule has 0 aromatic heterocycles. The van der Waals surface area contributed by atoms with E-state index in [2.05, 4.69) is 5.32 Å². The minimum atomic E-state index is -0.0139. The first-order valence-corrected chi connectivity index (χ1v) is 2.29. The molecular weight excluding hydrogens is 90.1 g/mol. The summed E-state index contributed by atoms with van der Waals surface area (Å²) in [6.45, 7) is 0.837. The molecule has 0 saturated heterocycles. The van der Waals surface area contributed by atoms with Gasteiger partial charge in [0.05, 0.1) is 6.04 Å². The van der Waals surface area contributed by atoms with Gasteiger partial charge in [0.25, 0.3) is 0 Å². The van der Waals surface area contributed by atoms with E-state index in [1.807, 2.05) is 12.2 Å². The molecular formula is C5H7NO. The molecule has 1 heterocycles. The Morgan fingerprint density at radius 3 is 3.00 bits per heavy atom. The summed E-state index contributed by atoms with van der Waals surface area (Å²) in [6, 6.07) is -0.0139. The van der Waals surface area contributed by atoms with Crippen LogP contribution in [0, 0.1) is 0 Å². The largest absolute Gasteiger partial charge is 0.301 e. The Kier molecular flexibility index (Phi) is 1.22. The lowest BCUT2D eigenvalue weighted by atomic mass is 10.4. The maximum absolute atomic E-state index is 9.89. The molecule has 1 N–H and O–H groups in total. The molecule has 0 aromatic rings. The van der Waals surface area contributed by atoms with Crippen LogP contribution < -0.4 is 5.32 Å². The number of hydrogen-bond acceptors (Lipinski definition) is 2. The SMILES string of the molecule is O=C[C@H]1C=CCN1. The molecule has 1 aliphatic heterocycles. The van der Waals surface area contributed by atoms with Crippen molar-refractivity contribution in [3.8, 4) is 0 Å². The first kappa shape index (κ1) is 4.53. The Bertz CT molecular complexity index is 98.3. The number of hydrogen-bond donors (Lipinski definition) is 1. The van der Waals surface area contributed by atoms with E-state index in [9.17, 15) is 4.79 Å². The zero-order valence-corrected chi connectivity index (χ0v) is 3.92. The van der Waals surface area contributed by atoms with Crippen molar-refractivity contribution >= 4 is 6.29 Å². The van der Waals surface area contributed by atoms with E-state index < -0.39 is 0 Å². The van der Waals surface area contributed by atoms with Crippen molar-refractivity contribution in [2.75, 3.05) is 6.54 Å². The quantitative estimate of drug-likeness (QED) is 0.360. The maximum atomic E-state index is 9.89. The maximum Gasteiger partial charge on any atom is 0.140 e. The molecule has 0 radical (unpaired) electrons. The minimum Gasteiger partial charge on any atom is -0.301 e. The molecule has 0 aliphatic carbocycles. The fourth-order valence-electron chi connectivity index (χ4n) is 0.580. The highest BCUT2D eigenvalue weighted by atomic mass is 16.1. The minimum absolute atomic E-state index is 0.0139. The van der Waals surface area contributed by atoms with Crippen molar-refractivity contribution in [2.45, 2.75) is 6.04 Å². The van der Waals surface area contributed by atoms with E-state index in [4.69, 9.17) is 0 Å². The number of carbonyl (C=O) groups is 1. The Morgan fingerprint density at radius 2 is 2.71 bits per heavy atom. The summed E-state index contributed by atoms with van der Waals surface area (Å²) in [7, 11) is 0. The van der Waals surface area contributed by atoms with E-state index in [1.165, 1.54) is 0 Å². The van der Waals surface area contributed by atoms with Crippen molar-refractivity contribution in [3.63, 3.8) is 0 Å². The predicted octanol–water partition coefficient (Wildman–Crippen LogP) is -0.287. The van der Waals surface area contributed by atoms with Gasteiger partial charge >= 0.3 is 0 Å². The van der Waals surface area contributed by atoms with Gasteiger partial charge in [-0.1, -0.05) is 12.2 Å². The van der Waals surface area contributed by atoms with E-state index >= 15 is 0 Å². The summed E-state index contributed by atoms with van der Waals surface area (Å²) >= 11 is 0. The van der Waals surface area contributed by atoms with E-state index in [0.717, 1.165) is 12.8 Å². The summed E-state index contributed by atoms with van der Waals surface area (Å²) in [5, 5.41) is 2.93. The van der Waals surface area contributed by atoms with Gasteiger partial charge in [-0.05, 0) is 0 Å². The van der Waals surface area contributed by atoms with Gasteiger partial charge in [0.2, 0.25) is 0 Å². The zero-order valence-electron chi connectivity index (χ0n) is 3.92. The lowest BCUT2D eigenvalue weighted by Gasteiger charge is -1.93. The summed E-state index contributed by atoms with van der Waals surface area (Å²) < 4.78 is 0. The third-order valence-corrected chi connectivity index (χ3v) is 0.961. The second-order valence-electron chi connectivity index (χ2n) is 1.50. The molecule has 7 heavy (non-hydrogen) atoms. The molecule has 1 rings (SSSR count). The van der Waals surface area contributed by atoms with Crippen molar-refractivity contribution in [1.82, 2.24) is 5.32 Å². The molecule has 0 saturated carbocycles. The third kappa shape index (κ3) is 0.871. The normalized spacial score (nSPS) is 28.3. The predicted molar refractivity (Wildman–Crippen MR) is 27.0 cm³/mol. The Hall–Kier alpha value is -0.630. The highest BCUT2D eigenvalue weighted by Gasteiger charge is 2.02. The van der Waals surface area contributed by atoms with Gasteiger partial charge in [0.15, 0.2) is 0 Å². The van der Waals surface area contributed by atoms with Crippen molar-refractivity contribution in [2.24, 2.45) is 0 Å². The lowest BCUT2D eigenvalue weighted by molar-refractivity contribution is -0.108. The standard InChI is InChI=1S/C5H7NO/c7-4-5-2-1-3-6-5/h1-2,4-6H,3H2/t5-/m1/s1. The topological polar surface area (TPSA) is 29.1 Å². The van der Waals surface area contributed by atoms with Gasteiger partial charge in [-0.2, -0.15) is 0 Å². The smallest absolute Gasteiger partial charge is 0.140 e. The molecule has 0 aromatic carbocycles. The fourth-order valence-corrected chi connectivity index (χ4v) is 0.580. The van der Waals surface area contributed by atoms with Crippen LogP contribution in [-0.2, 0) is 4.79 Å². The molecule has 2 nitrogen and oxygen atoms in total. The lowest BCUT2D eigenvalue weighted by Crippen LogP contribution is -2.22. The van der Waals surface area contributed by atoms with Crippen LogP contribution in [0.4, 0.5) is 0 Å². The number of aldehydes is 1. The van der Waals surface area contributed by atoms with Gasteiger partial charge in [-0.15, -0.1) is 0 Å². The number of carbonyl (C=O) groups excluding carboxylic acids is 1. The molecule has 2 heteroatoms. The van der Waals surface area contributed by atoms with Gasteiger partial charge in [-0.3, -0.25) is 0 Å². The van der Waals surface area contributed by atoms with E-state index in [-0.39, 0.29) is 6.04 Å². The highest BCUT2D eigenvalue weighted by molar-refractivity contribution is 5.61. The molecule has 0 spiro atoms. The van der Waals surface area contributed by atoms with Crippen LogP contribution in [0.3, 0.4) is 0 Å². The van der Waals surface area contributed by atoms with Gasteiger partial charge in [0.1, 0.15) is 6.29 Å². The molecule has 1 atom stereocenters. The van der Waals surface area contributed by atoms with Crippen LogP contribution in [0.15, 0.2) is 12.2 Å². The van der Waals surface area contributed by atoms with E-state index in [0.29, 0.717) is 0 Å². The van der Waals surface area contributed by atoms with Crippen LogP contribution >= 0.6 is 0 Å². The van der Waals surface area contributed by atoms with Crippen molar-refractivity contribution < 1.29 is 4.79 Å². The Balaban J connectivity index is 2.42. The average Bonchev–Trinajstić information content (AvgIpc) is 2.14. The monoisotopic (exact) mass is 97.1 g/mol. The van der Waals surface area contributed by atoms with Crippen LogP contribution in [0.25, 0.3) is 0 Å². The number of nitrogens with one attached hydrogen (secondary N) is 1. The first-order valence-electron chi connectivity index (χ1n) is 2.29. The zero-order chi connectivity index (χ0) is 5.11. The summed E-state index contributed by atoms with van der Waals surface area (Å²) in [4.78, 5) is 9.89. The molecule has 0 bridgehead atoms. The van der Waals surface area contributed by atoms with Crippen LogP contribution in [0.1, 0.15) is 0 Å². The second kappa shape index (κ2) is 1.89. The Morgan fingerprint density at radius 1 is 1.86 bits per heavy atom. The average molecular weight is 97.1 g/mol. The van der Waals surface area contributed by atoms with Crippen LogP contribution in [0.2, 0.25) is 0 Å². The van der Waals surface area contributed by atoms with Gasteiger partial charge in [-0.25, -0.2) is 0 Å². The van der Waals surface area contributed by atoms with Crippen LogP contribution in [0.5, 0.6) is 0 Å². The second-order valence-corrected chi connectivity index (χ2v) is 1.50. The van der Waals surface area contributed by atoms with Crippen molar-refractivity contribution in [3.05, 3.63) is 12.2 Å². The van der Waals surface area contributed by atoms with Gasteiger partial charge in [0, 0.05) is 6.54 Å². The Labute approximate surface area is 42.2 Å². The third-order valence-electron chi connectivity index (χ3n) is 0.961. The number of rotatable bonds is 1. The molecule has 1 aliphatic rings. The van der Waals surface area contributed by atoms with Gasteiger partial charge < -0.3 is 10.1 Å².